The van der Waals surface area contributed by atoms with Crippen LogP contribution in [0.1, 0.15) is 30.9 Å². The highest BCUT2D eigenvalue weighted by atomic mass is 35.5. The van der Waals surface area contributed by atoms with Crippen LogP contribution in [0, 0.1) is 5.92 Å². The quantitative estimate of drug-likeness (QED) is 0.773. The van der Waals surface area contributed by atoms with Crippen LogP contribution in [0.2, 0.25) is 5.02 Å². The minimum atomic E-state index is -0.673. The number of Topliss-reactive ketones (excluding diaryl/α,β-unsaturated/α-hetero) is 2. The van der Waals surface area contributed by atoms with E-state index in [2.05, 4.69) is 0 Å². The molecule has 0 saturated carbocycles. The van der Waals surface area contributed by atoms with Crippen LogP contribution in [0.4, 0.5) is 0 Å². The van der Waals surface area contributed by atoms with Crippen LogP contribution in [0.25, 0.3) is 0 Å². The summed E-state index contributed by atoms with van der Waals surface area (Å²) in [6, 6.07) is 16.9. The van der Waals surface area contributed by atoms with Gasteiger partial charge >= 0.3 is 0 Å². The van der Waals surface area contributed by atoms with Crippen molar-refractivity contribution in [2.75, 3.05) is 0 Å². The molecular weight excluding hydrogens is 284 g/mol. The summed E-state index contributed by atoms with van der Waals surface area (Å²) in [5.74, 6) is -1.19. The van der Waals surface area contributed by atoms with Gasteiger partial charge in [0.05, 0.1) is 5.92 Å². The zero-order chi connectivity index (χ0) is 15.4. The van der Waals surface area contributed by atoms with Gasteiger partial charge in [0.25, 0.3) is 0 Å². The van der Waals surface area contributed by atoms with E-state index in [1.165, 1.54) is 13.8 Å². The maximum absolute atomic E-state index is 12.0. The molecule has 1 unspecified atom stereocenters. The number of carbonyl (C=O) groups excluding carboxylic acids is 2. The van der Waals surface area contributed by atoms with E-state index in [0.717, 1.165) is 11.1 Å². The largest absolute Gasteiger partial charge is 0.299 e. The van der Waals surface area contributed by atoms with E-state index in [9.17, 15) is 9.59 Å². The van der Waals surface area contributed by atoms with E-state index >= 15 is 0 Å². The van der Waals surface area contributed by atoms with Crippen LogP contribution in [-0.2, 0) is 9.59 Å². The van der Waals surface area contributed by atoms with Crippen molar-refractivity contribution in [3.63, 3.8) is 0 Å². The molecule has 0 aliphatic heterocycles. The highest BCUT2D eigenvalue weighted by molar-refractivity contribution is 6.30. The third-order valence-corrected chi connectivity index (χ3v) is 3.85. The molecule has 2 rings (SSSR count). The molecule has 0 aromatic heterocycles. The summed E-state index contributed by atoms with van der Waals surface area (Å²) in [7, 11) is 0. The molecule has 3 heteroatoms. The number of hydrogen-bond acceptors (Lipinski definition) is 2. The first kappa shape index (κ1) is 15.5. The van der Waals surface area contributed by atoms with Crippen LogP contribution in [0.5, 0.6) is 0 Å². The number of ketones is 2. The summed E-state index contributed by atoms with van der Waals surface area (Å²) in [5, 5.41) is 0.632. The lowest BCUT2D eigenvalue weighted by molar-refractivity contribution is -0.130. The van der Waals surface area contributed by atoms with Crippen LogP contribution in [0.3, 0.4) is 0 Å². The molecular formula is C18H17ClO2. The fraction of sp³-hybridized carbons (Fsp3) is 0.222. The Morgan fingerprint density at radius 2 is 1.29 bits per heavy atom. The minimum absolute atomic E-state index is 0.119. The lowest BCUT2D eigenvalue weighted by Crippen LogP contribution is -2.27. The lowest BCUT2D eigenvalue weighted by Gasteiger charge is -2.24. The molecule has 0 radical (unpaired) electrons. The molecule has 0 saturated heterocycles. The lowest BCUT2D eigenvalue weighted by atomic mass is 9.77. The summed E-state index contributed by atoms with van der Waals surface area (Å²) in [6.45, 7) is 2.94. The van der Waals surface area contributed by atoms with Crippen molar-refractivity contribution in [2.24, 2.45) is 5.92 Å². The molecule has 21 heavy (non-hydrogen) atoms. The van der Waals surface area contributed by atoms with Crippen molar-refractivity contribution in [2.45, 2.75) is 19.8 Å². The predicted octanol–water partition coefficient (Wildman–Crippen LogP) is 4.27. The molecule has 0 fully saturated rings. The van der Waals surface area contributed by atoms with Gasteiger partial charge in [0, 0.05) is 10.9 Å². The number of benzene rings is 2. The molecule has 0 aliphatic rings. The summed E-state index contributed by atoms with van der Waals surface area (Å²) in [5.41, 5.74) is 1.87. The average molecular weight is 301 g/mol. The van der Waals surface area contributed by atoms with Gasteiger partial charge in [0.2, 0.25) is 0 Å². The molecule has 0 amide bonds. The average Bonchev–Trinajstić information content (AvgIpc) is 2.46. The van der Waals surface area contributed by atoms with E-state index in [1.807, 2.05) is 42.5 Å². The third kappa shape index (κ3) is 3.59. The van der Waals surface area contributed by atoms with E-state index in [-0.39, 0.29) is 17.5 Å². The Balaban J connectivity index is 2.56. The molecule has 2 aromatic rings. The van der Waals surface area contributed by atoms with Gasteiger partial charge in [-0.25, -0.2) is 0 Å². The Bertz CT molecular complexity index is 618. The van der Waals surface area contributed by atoms with Gasteiger partial charge in [-0.05, 0) is 37.1 Å². The molecule has 0 bridgehead atoms. The normalized spacial score (nSPS) is 12.2. The van der Waals surface area contributed by atoms with Crippen LogP contribution in [-0.4, -0.2) is 11.6 Å². The molecule has 0 aliphatic carbocycles. The van der Waals surface area contributed by atoms with E-state index in [1.54, 1.807) is 12.1 Å². The van der Waals surface area contributed by atoms with Crippen molar-refractivity contribution >= 4 is 23.2 Å². The molecule has 0 spiro atoms. The Hall–Kier alpha value is -1.93. The van der Waals surface area contributed by atoms with Gasteiger partial charge in [0.15, 0.2) is 0 Å². The number of halogens is 1. The van der Waals surface area contributed by atoms with Crippen LogP contribution in [0.15, 0.2) is 54.6 Å². The van der Waals surface area contributed by atoms with Gasteiger partial charge in [-0.2, -0.15) is 0 Å². The second kappa shape index (κ2) is 6.68. The summed E-state index contributed by atoms with van der Waals surface area (Å²) in [4.78, 5) is 24.0. The van der Waals surface area contributed by atoms with Gasteiger partial charge in [-0.3, -0.25) is 9.59 Å². The van der Waals surface area contributed by atoms with Gasteiger partial charge in [-0.1, -0.05) is 54.1 Å². The standard InChI is InChI=1S/C18H17ClO2/c1-12(20)17(13(2)21)18(14-6-4-3-5-7-14)15-8-10-16(19)11-9-15/h3-11,17-18H,1-2H3. The Morgan fingerprint density at radius 3 is 1.76 bits per heavy atom. The highest BCUT2D eigenvalue weighted by Crippen LogP contribution is 2.34. The maximum Gasteiger partial charge on any atom is 0.141 e. The summed E-state index contributed by atoms with van der Waals surface area (Å²) in [6.07, 6.45) is 0. The van der Waals surface area contributed by atoms with Crippen molar-refractivity contribution in [3.05, 3.63) is 70.7 Å². The fourth-order valence-corrected chi connectivity index (χ4v) is 2.79. The van der Waals surface area contributed by atoms with Crippen LogP contribution >= 0.6 is 11.6 Å². The maximum atomic E-state index is 12.0. The zero-order valence-electron chi connectivity index (χ0n) is 12.0. The number of hydrogen-bond donors (Lipinski definition) is 0. The minimum Gasteiger partial charge on any atom is -0.299 e. The molecule has 2 aromatic carbocycles. The fourth-order valence-electron chi connectivity index (χ4n) is 2.66. The Labute approximate surface area is 129 Å². The van der Waals surface area contributed by atoms with E-state index < -0.39 is 5.92 Å². The zero-order valence-corrected chi connectivity index (χ0v) is 12.8. The first-order chi connectivity index (χ1) is 10.0. The van der Waals surface area contributed by atoms with Crippen molar-refractivity contribution in [1.29, 1.82) is 0 Å². The molecule has 108 valence electrons. The monoisotopic (exact) mass is 300 g/mol. The third-order valence-electron chi connectivity index (χ3n) is 3.60. The predicted molar refractivity (Wildman–Crippen MR) is 84.6 cm³/mol. The van der Waals surface area contributed by atoms with Crippen molar-refractivity contribution in [1.82, 2.24) is 0 Å². The number of carbonyl (C=O) groups is 2. The van der Waals surface area contributed by atoms with Crippen LogP contribution < -0.4 is 0 Å². The summed E-state index contributed by atoms with van der Waals surface area (Å²) < 4.78 is 0. The Morgan fingerprint density at radius 1 is 0.810 bits per heavy atom. The van der Waals surface area contributed by atoms with Crippen molar-refractivity contribution < 1.29 is 9.59 Å². The topological polar surface area (TPSA) is 34.1 Å². The smallest absolute Gasteiger partial charge is 0.141 e. The SMILES string of the molecule is CC(=O)C(C(C)=O)C(c1ccccc1)c1ccc(Cl)cc1. The second-order valence-corrected chi connectivity index (χ2v) is 5.58. The highest BCUT2D eigenvalue weighted by Gasteiger charge is 2.32. The molecule has 0 N–H and O–H groups in total. The van der Waals surface area contributed by atoms with Crippen molar-refractivity contribution in [3.8, 4) is 0 Å². The Kier molecular flexibility index (Phi) is 4.92. The number of rotatable bonds is 5. The van der Waals surface area contributed by atoms with E-state index in [0.29, 0.717) is 5.02 Å². The van der Waals surface area contributed by atoms with Gasteiger partial charge in [-0.15, -0.1) is 0 Å². The molecule has 0 heterocycles. The van der Waals surface area contributed by atoms with Gasteiger partial charge < -0.3 is 0 Å². The molecule has 1 atom stereocenters. The summed E-state index contributed by atoms with van der Waals surface area (Å²) >= 11 is 5.93. The van der Waals surface area contributed by atoms with E-state index in [4.69, 9.17) is 11.6 Å². The first-order valence-electron chi connectivity index (χ1n) is 6.82. The second-order valence-electron chi connectivity index (χ2n) is 5.14. The molecule has 2 nitrogen and oxygen atoms in total. The first-order valence-corrected chi connectivity index (χ1v) is 7.20. The van der Waals surface area contributed by atoms with Gasteiger partial charge in [0.1, 0.15) is 11.6 Å².